The van der Waals surface area contributed by atoms with E-state index in [9.17, 15) is 9.59 Å². The summed E-state index contributed by atoms with van der Waals surface area (Å²) >= 11 is 0. The van der Waals surface area contributed by atoms with Crippen LogP contribution < -0.4 is 16.0 Å². The van der Waals surface area contributed by atoms with E-state index in [-0.39, 0.29) is 11.8 Å². The van der Waals surface area contributed by atoms with Gasteiger partial charge in [0.25, 0.3) is 5.91 Å². The molecule has 0 spiro atoms. The summed E-state index contributed by atoms with van der Waals surface area (Å²) < 4.78 is 0. The molecule has 0 aliphatic carbocycles. The van der Waals surface area contributed by atoms with Gasteiger partial charge in [0.2, 0.25) is 5.91 Å². The molecule has 0 heterocycles. The fourth-order valence-electron chi connectivity index (χ4n) is 1.82. The molecule has 0 bridgehead atoms. The highest BCUT2D eigenvalue weighted by atomic mass is 16.2. The maximum Gasteiger partial charge on any atom is 0.251 e. The minimum atomic E-state index is -0.0974. The second-order valence-corrected chi connectivity index (χ2v) is 4.83. The topological polar surface area (TPSA) is 70.2 Å². The number of rotatable bonds is 10. The van der Waals surface area contributed by atoms with Crippen molar-refractivity contribution in [1.82, 2.24) is 16.0 Å². The molecule has 0 saturated carbocycles. The normalized spacial score (nSPS) is 10.1. The predicted octanol–water partition coefficient (Wildman–Crippen LogP) is 1.31. The number of nitrogens with one attached hydrogen (secondary N) is 3. The highest BCUT2D eigenvalue weighted by molar-refractivity contribution is 5.94. The quantitative estimate of drug-likeness (QED) is 0.569. The van der Waals surface area contributed by atoms with Crippen molar-refractivity contribution in [2.45, 2.75) is 26.2 Å². The van der Waals surface area contributed by atoms with Gasteiger partial charge in [-0.25, -0.2) is 0 Å². The summed E-state index contributed by atoms with van der Waals surface area (Å²) in [5.74, 6) is -0.0676. The van der Waals surface area contributed by atoms with Gasteiger partial charge in [-0.2, -0.15) is 0 Å². The summed E-state index contributed by atoms with van der Waals surface area (Å²) in [5, 5.41) is 8.87. The minimum absolute atomic E-state index is 0.0299. The predicted molar refractivity (Wildman–Crippen MR) is 84.2 cm³/mol. The van der Waals surface area contributed by atoms with E-state index in [1.807, 2.05) is 18.2 Å². The third kappa shape index (κ3) is 8.09. The lowest BCUT2D eigenvalue weighted by atomic mass is 10.2. The van der Waals surface area contributed by atoms with E-state index < -0.39 is 0 Å². The lowest BCUT2D eigenvalue weighted by Crippen LogP contribution is -2.32. The van der Waals surface area contributed by atoms with Crippen molar-refractivity contribution in [1.29, 1.82) is 0 Å². The Labute approximate surface area is 126 Å². The Hall–Kier alpha value is -1.88. The van der Waals surface area contributed by atoms with Crippen LogP contribution >= 0.6 is 0 Å². The van der Waals surface area contributed by atoms with Crippen LogP contribution in [0.2, 0.25) is 0 Å². The number of hydrogen-bond acceptors (Lipinski definition) is 3. The van der Waals surface area contributed by atoms with Gasteiger partial charge in [0.1, 0.15) is 0 Å². The van der Waals surface area contributed by atoms with E-state index in [4.69, 9.17) is 0 Å². The van der Waals surface area contributed by atoms with Crippen LogP contribution in [0, 0.1) is 0 Å². The van der Waals surface area contributed by atoms with E-state index in [0.29, 0.717) is 31.5 Å². The molecule has 0 aliphatic rings. The number of carbonyl (C=O) groups is 2. The first-order valence-electron chi connectivity index (χ1n) is 7.54. The van der Waals surface area contributed by atoms with Gasteiger partial charge in [-0.3, -0.25) is 9.59 Å². The van der Waals surface area contributed by atoms with E-state index in [1.54, 1.807) is 12.1 Å². The lowest BCUT2D eigenvalue weighted by molar-refractivity contribution is -0.121. The second-order valence-electron chi connectivity index (χ2n) is 4.83. The van der Waals surface area contributed by atoms with Gasteiger partial charge >= 0.3 is 0 Å². The van der Waals surface area contributed by atoms with E-state index in [2.05, 4.69) is 22.9 Å². The minimum Gasteiger partial charge on any atom is -0.355 e. The SMILES string of the molecule is CCCNCCNC(=O)CCCNC(=O)c1ccccc1. The molecular weight excluding hydrogens is 266 g/mol. The highest BCUT2D eigenvalue weighted by Gasteiger charge is 2.04. The average Bonchev–Trinajstić information content (AvgIpc) is 2.52. The van der Waals surface area contributed by atoms with Crippen LogP contribution in [0.5, 0.6) is 0 Å². The van der Waals surface area contributed by atoms with Crippen LogP contribution in [-0.4, -0.2) is 38.0 Å². The molecule has 3 N–H and O–H groups in total. The summed E-state index contributed by atoms with van der Waals surface area (Å²) in [7, 11) is 0. The molecule has 21 heavy (non-hydrogen) atoms. The summed E-state index contributed by atoms with van der Waals surface area (Å²) in [4.78, 5) is 23.3. The lowest BCUT2D eigenvalue weighted by Gasteiger charge is -2.07. The van der Waals surface area contributed by atoms with Crippen LogP contribution in [0.3, 0.4) is 0 Å². The first kappa shape index (κ1) is 17.2. The summed E-state index contributed by atoms with van der Waals surface area (Å²) in [6, 6.07) is 9.07. The number of benzene rings is 1. The summed E-state index contributed by atoms with van der Waals surface area (Å²) in [6.45, 7) is 5.03. The van der Waals surface area contributed by atoms with Gasteiger partial charge in [0.15, 0.2) is 0 Å². The second kappa shape index (κ2) is 10.9. The number of amides is 2. The Morgan fingerprint density at radius 3 is 2.43 bits per heavy atom. The van der Waals surface area contributed by atoms with Crippen LogP contribution in [0.1, 0.15) is 36.5 Å². The molecule has 5 nitrogen and oxygen atoms in total. The Kier molecular flexibility index (Phi) is 8.88. The zero-order valence-electron chi connectivity index (χ0n) is 12.7. The van der Waals surface area contributed by atoms with Crippen molar-refractivity contribution in [3.05, 3.63) is 35.9 Å². The molecule has 1 aromatic carbocycles. The Balaban J connectivity index is 2.03. The molecule has 0 aromatic heterocycles. The van der Waals surface area contributed by atoms with Gasteiger partial charge < -0.3 is 16.0 Å². The van der Waals surface area contributed by atoms with Crippen molar-refractivity contribution >= 4 is 11.8 Å². The smallest absolute Gasteiger partial charge is 0.251 e. The molecule has 0 unspecified atom stereocenters. The van der Waals surface area contributed by atoms with Gasteiger partial charge in [0.05, 0.1) is 0 Å². The first-order valence-corrected chi connectivity index (χ1v) is 7.54. The number of hydrogen-bond donors (Lipinski definition) is 3. The Morgan fingerprint density at radius 1 is 0.952 bits per heavy atom. The Morgan fingerprint density at radius 2 is 1.71 bits per heavy atom. The molecule has 0 aliphatic heterocycles. The van der Waals surface area contributed by atoms with Crippen LogP contribution in [0.15, 0.2) is 30.3 Å². The monoisotopic (exact) mass is 291 g/mol. The molecule has 0 saturated heterocycles. The molecule has 5 heteroatoms. The molecule has 116 valence electrons. The van der Waals surface area contributed by atoms with Crippen LogP contribution in [0.4, 0.5) is 0 Å². The van der Waals surface area contributed by atoms with Crippen molar-refractivity contribution in [2.24, 2.45) is 0 Å². The standard InChI is InChI=1S/C16H25N3O2/c1-2-10-17-12-13-18-15(20)9-6-11-19-16(21)14-7-4-3-5-8-14/h3-5,7-8,17H,2,6,9-13H2,1H3,(H,18,20)(H,19,21). The van der Waals surface area contributed by atoms with Crippen LogP contribution in [-0.2, 0) is 4.79 Å². The van der Waals surface area contributed by atoms with E-state index in [0.717, 1.165) is 19.5 Å². The molecule has 0 radical (unpaired) electrons. The zero-order valence-corrected chi connectivity index (χ0v) is 12.7. The fraction of sp³-hybridized carbons (Fsp3) is 0.500. The zero-order chi connectivity index (χ0) is 15.3. The molecular formula is C16H25N3O2. The highest BCUT2D eigenvalue weighted by Crippen LogP contribution is 1.98. The first-order chi connectivity index (χ1) is 10.2. The molecule has 1 aromatic rings. The third-order valence-electron chi connectivity index (χ3n) is 2.95. The van der Waals surface area contributed by atoms with E-state index >= 15 is 0 Å². The van der Waals surface area contributed by atoms with Gasteiger partial charge in [-0.1, -0.05) is 25.1 Å². The fourth-order valence-corrected chi connectivity index (χ4v) is 1.82. The van der Waals surface area contributed by atoms with Gasteiger partial charge in [-0.15, -0.1) is 0 Å². The summed E-state index contributed by atoms with van der Waals surface area (Å²) in [5.41, 5.74) is 0.643. The molecule has 0 fully saturated rings. The molecule has 1 rings (SSSR count). The average molecular weight is 291 g/mol. The van der Waals surface area contributed by atoms with Crippen molar-refractivity contribution in [3.63, 3.8) is 0 Å². The maximum atomic E-state index is 11.7. The number of carbonyl (C=O) groups excluding carboxylic acids is 2. The van der Waals surface area contributed by atoms with Crippen molar-refractivity contribution in [3.8, 4) is 0 Å². The van der Waals surface area contributed by atoms with Gasteiger partial charge in [-0.05, 0) is 31.5 Å². The van der Waals surface area contributed by atoms with Gasteiger partial charge in [0, 0.05) is 31.6 Å². The van der Waals surface area contributed by atoms with Crippen molar-refractivity contribution in [2.75, 3.05) is 26.2 Å². The van der Waals surface area contributed by atoms with Crippen molar-refractivity contribution < 1.29 is 9.59 Å². The maximum absolute atomic E-state index is 11.7. The van der Waals surface area contributed by atoms with E-state index in [1.165, 1.54) is 0 Å². The Bertz CT molecular complexity index is 421. The molecule has 2 amide bonds. The van der Waals surface area contributed by atoms with Crippen LogP contribution in [0.25, 0.3) is 0 Å². The largest absolute Gasteiger partial charge is 0.355 e. The third-order valence-corrected chi connectivity index (χ3v) is 2.95. The summed E-state index contributed by atoms with van der Waals surface area (Å²) in [6.07, 6.45) is 2.17. The molecule has 0 atom stereocenters.